The van der Waals surface area contributed by atoms with E-state index in [9.17, 15) is 5.11 Å². The Morgan fingerprint density at radius 1 is 1.29 bits per heavy atom. The summed E-state index contributed by atoms with van der Waals surface area (Å²) in [5.41, 5.74) is 2.98. The Labute approximate surface area is 148 Å². The molecule has 0 saturated carbocycles. The van der Waals surface area contributed by atoms with Gasteiger partial charge >= 0.3 is 0 Å². The number of alkyl halides is 2. The number of rotatable bonds is 2. The molecule has 0 amide bonds. The van der Waals surface area contributed by atoms with Crippen molar-refractivity contribution in [2.24, 2.45) is 0 Å². The Bertz CT molecular complexity index is 398. The smallest absolute Gasteiger partial charge is 0.0866 e. The van der Waals surface area contributed by atoms with E-state index < -0.39 is 6.10 Å². The van der Waals surface area contributed by atoms with Crippen LogP contribution in [0.5, 0.6) is 0 Å². The van der Waals surface area contributed by atoms with Crippen LogP contribution in [-0.4, -0.2) is 45.8 Å². The molecule has 0 aromatic heterocycles. The molecule has 0 bridgehead atoms. The highest BCUT2D eigenvalue weighted by Gasteiger charge is 2.41. The Morgan fingerprint density at radius 3 is 2.67 bits per heavy atom. The Kier molecular flexibility index (Phi) is 7.27. The van der Waals surface area contributed by atoms with Crippen LogP contribution in [0.1, 0.15) is 32.6 Å². The van der Waals surface area contributed by atoms with E-state index in [0.29, 0.717) is 12.8 Å². The molecule has 0 radical (unpaired) electrons. The van der Waals surface area contributed by atoms with Crippen LogP contribution in [0.3, 0.4) is 0 Å². The molecule has 1 N–H and O–H groups in total. The first kappa shape index (κ1) is 18.0. The summed E-state index contributed by atoms with van der Waals surface area (Å²) in [6, 6.07) is 0. The maximum absolute atomic E-state index is 10.3. The van der Waals surface area contributed by atoms with Crippen molar-refractivity contribution < 1.29 is 14.6 Å². The van der Waals surface area contributed by atoms with Gasteiger partial charge in [-0.1, -0.05) is 38.8 Å². The molecule has 0 aliphatic carbocycles. The Balaban J connectivity index is 2.15. The van der Waals surface area contributed by atoms with Gasteiger partial charge in [-0.3, -0.25) is 0 Å². The van der Waals surface area contributed by atoms with Gasteiger partial charge in [-0.25, -0.2) is 0 Å². The standard InChI is InChI=1S/C15H21Br2ClO3/c1-2-13-10(17)7-14-15(21-13)8-12(19)11(18)6-9(20-14)4-3-5-16/h4-5,9-15,19H,2,6-8H2,1H3/t3?,9-,10-,11-,12+,13+,14-,15-/m0/s1. The fourth-order valence-electron chi connectivity index (χ4n) is 2.92. The lowest BCUT2D eigenvalue weighted by atomic mass is 9.92. The second kappa shape index (κ2) is 8.49. The fraction of sp³-hybridized carbons (Fsp3) is 0.800. The van der Waals surface area contributed by atoms with Gasteiger partial charge in [0.15, 0.2) is 0 Å². The van der Waals surface area contributed by atoms with Crippen molar-refractivity contribution in [2.75, 3.05) is 0 Å². The minimum Gasteiger partial charge on any atom is -0.391 e. The Hall–Kier alpha value is 0.650. The molecule has 0 aromatic rings. The predicted octanol–water partition coefficient (Wildman–Crippen LogP) is 3.90. The molecule has 0 spiro atoms. The third-order valence-electron chi connectivity index (χ3n) is 4.07. The largest absolute Gasteiger partial charge is 0.391 e. The van der Waals surface area contributed by atoms with Crippen molar-refractivity contribution in [3.8, 4) is 0 Å². The molecular weight excluding hydrogens is 423 g/mol. The second-order valence-electron chi connectivity index (χ2n) is 5.58. The summed E-state index contributed by atoms with van der Waals surface area (Å²) in [6.45, 7) is 2.11. The molecule has 0 unspecified atom stereocenters. The molecule has 2 aliphatic rings. The van der Waals surface area contributed by atoms with E-state index in [1.165, 1.54) is 0 Å². The van der Waals surface area contributed by atoms with Crippen LogP contribution >= 0.6 is 43.5 Å². The topological polar surface area (TPSA) is 38.7 Å². The van der Waals surface area contributed by atoms with Gasteiger partial charge in [0, 0.05) is 16.2 Å². The highest BCUT2D eigenvalue weighted by molar-refractivity contribution is 9.11. The number of hydrogen-bond donors (Lipinski definition) is 1. The zero-order valence-electron chi connectivity index (χ0n) is 11.9. The fourth-order valence-corrected chi connectivity index (χ4v) is 4.22. The minimum absolute atomic E-state index is 0.0330. The van der Waals surface area contributed by atoms with E-state index in [2.05, 4.69) is 44.5 Å². The molecule has 2 aliphatic heterocycles. The van der Waals surface area contributed by atoms with E-state index in [0.717, 1.165) is 12.8 Å². The maximum atomic E-state index is 10.3. The maximum Gasteiger partial charge on any atom is 0.0866 e. The molecular formula is C15H21Br2ClO3. The summed E-state index contributed by atoms with van der Waals surface area (Å²) in [5, 5.41) is 9.92. The number of aliphatic hydroxyl groups excluding tert-OH is 1. The van der Waals surface area contributed by atoms with Crippen molar-refractivity contribution in [1.29, 1.82) is 0 Å². The first-order valence-corrected chi connectivity index (χ1v) is 9.60. The van der Waals surface area contributed by atoms with Crippen LogP contribution in [0, 0.1) is 0 Å². The van der Waals surface area contributed by atoms with Gasteiger partial charge in [0.05, 0.1) is 35.9 Å². The SMILES string of the molecule is CC[C@H]1O[C@H]2C[C@@H](O)[C@@H](Cl)C[C@H](C=C=CBr)O[C@H]2C[C@@H]1Br. The number of hydrogen-bond acceptors (Lipinski definition) is 3. The molecule has 2 rings (SSSR count). The third-order valence-corrected chi connectivity index (χ3v) is 5.77. The van der Waals surface area contributed by atoms with Crippen molar-refractivity contribution in [3.05, 3.63) is 16.8 Å². The van der Waals surface area contributed by atoms with Crippen LogP contribution in [0.15, 0.2) is 16.8 Å². The van der Waals surface area contributed by atoms with Crippen molar-refractivity contribution in [1.82, 2.24) is 0 Å². The van der Waals surface area contributed by atoms with Gasteiger partial charge in [0.25, 0.3) is 0 Å². The highest BCUT2D eigenvalue weighted by Crippen LogP contribution is 2.35. The predicted molar refractivity (Wildman–Crippen MR) is 91.4 cm³/mol. The van der Waals surface area contributed by atoms with Crippen molar-refractivity contribution >= 4 is 43.5 Å². The molecule has 6 heteroatoms. The van der Waals surface area contributed by atoms with Gasteiger partial charge in [0.1, 0.15) is 0 Å². The molecule has 120 valence electrons. The van der Waals surface area contributed by atoms with Crippen molar-refractivity contribution in [2.45, 2.75) is 73.3 Å². The van der Waals surface area contributed by atoms with E-state index in [4.69, 9.17) is 21.1 Å². The summed E-state index contributed by atoms with van der Waals surface area (Å²) in [4.78, 5) is 1.94. The lowest BCUT2D eigenvalue weighted by Crippen LogP contribution is -2.50. The highest BCUT2D eigenvalue weighted by atomic mass is 79.9. The average Bonchev–Trinajstić information content (AvgIpc) is 2.45. The summed E-state index contributed by atoms with van der Waals surface area (Å²) >= 11 is 13.2. The number of fused-ring (bicyclic) bond motifs is 1. The van der Waals surface area contributed by atoms with Crippen LogP contribution < -0.4 is 0 Å². The zero-order chi connectivity index (χ0) is 15.4. The summed E-state index contributed by atoms with van der Waals surface area (Å²) in [7, 11) is 0. The third kappa shape index (κ3) is 4.81. The molecule has 21 heavy (non-hydrogen) atoms. The molecule has 2 fully saturated rings. The van der Waals surface area contributed by atoms with Gasteiger partial charge in [0.2, 0.25) is 0 Å². The molecule has 3 nitrogen and oxygen atoms in total. The number of ether oxygens (including phenoxy) is 2. The summed E-state index contributed by atoms with van der Waals surface area (Å²) < 4.78 is 12.3. The Morgan fingerprint density at radius 2 is 2.00 bits per heavy atom. The summed E-state index contributed by atoms with van der Waals surface area (Å²) in [6.07, 6.45) is 4.05. The molecule has 0 aromatic carbocycles. The first-order valence-electron chi connectivity index (χ1n) is 7.33. The first-order chi connectivity index (χ1) is 10.0. The monoisotopic (exact) mass is 442 g/mol. The van der Waals surface area contributed by atoms with E-state index in [1.807, 2.05) is 6.08 Å². The summed E-state index contributed by atoms with van der Waals surface area (Å²) in [5.74, 6) is 0. The van der Waals surface area contributed by atoms with Gasteiger partial charge in [-0.15, -0.1) is 17.3 Å². The quantitative estimate of drug-likeness (QED) is 0.519. The zero-order valence-corrected chi connectivity index (χ0v) is 15.9. The van der Waals surface area contributed by atoms with Gasteiger partial charge in [-0.05, 0) is 25.3 Å². The van der Waals surface area contributed by atoms with Crippen molar-refractivity contribution in [3.63, 3.8) is 0 Å². The van der Waals surface area contributed by atoms with E-state index in [-0.39, 0.29) is 34.6 Å². The van der Waals surface area contributed by atoms with Crippen LogP contribution in [0.25, 0.3) is 0 Å². The van der Waals surface area contributed by atoms with Crippen LogP contribution in [0.4, 0.5) is 0 Å². The van der Waals surface area contributed by atoms with E-state index >= 15 is 0 Å². The lowest BCUT2D eigenvalue weighted by molar-refractivity contribution is -0.166. The minimum atomic E-state index is -0.573. The van der Waals surface area contributed by atoms with Crippen LogP contribution in [0.2, 0.25) is 0 Å². The lowest BCUT2D eigenvalue weighted by Gasteiger charge is -2.43. The van der Waals surface area contributed by atoms with E-state index in [1.54, 1.807) is 4.99 Å². The average molecular weight is 445 g/mol. The second-order valence-corrected chi connectivity index (χ2v) is 7.78. The van der Waals surface area contributed by atoms with Gasteiger partial charge < -0.3 is 14.6 Å². The van der Waals surface area contributed by atoms with Crippen LogP contribution in [-0.2, 0) is 9.47 Å². The van der Waals surface area contributed by atoms with Gasteiger partial charge in [-0.2, -0.15) is 0 Å². The number of halogens is 3. The molecule has 2 saturated heterocycles. The molecule has 7 atom stereocenters. The number of aliphatic hydroxyl groups is 1. The molecule has 2 heterocycles. The normalized spacial score (nSPS) is 44.0.